The highest BCUT2D eigenvalue weighted by atomic mass is 79.9. The van der Waals surface area contributed by atoms with Crippen molar-refractivity contribution in [1.82, 2.24) is 9.80 Å². The van der Waals surface area contributed by atoms with Crippen LogP contribution < -0.4 is 5.32 Å². The van der Waals surface area contributed by atoms with Gasteiger partial charge in [-0.1, -0.05) is 39.7 Å². The largest absolute Gasteiger partial charge is 0.324 e. The minimum Gasteiger partial charge on any atom is -0.324 e. The zero-order valence-electron chi connectivity index (χ0n) is 14.2. The summed E-state index contributed by atoms with van der Waals surface area (Å²) in [6.07, 6.45) is 0. The Balaban J connectivity index is 1.44. The standard InChI is InChI=1S/C19H20BrClFN3O/c20-15-3-6-18(17(21)11-15)23-19(26)13-25-9-7-24(8-10-25)12-14-1-4-16(22)5-2-14/h1-6,11H,7-10,12-13H2,(H,23,26). The number of carbonyl (C=O) groups is 1. The molecule has 4 nitrogen and oxygen atoms in total. The smallest absolute Gasteiger partial charge is 0.238 e. The first kappa shape index (κ1) is 19.3. The maximum Gasteiger partial charge on any atom is 0.238 e. The molecule has 1 amide bonds. The quantitative estimate of drug-likeness (QED) is 0.763. The van der Waals surface area contributed by atoms with Crippen LogP contribution in [0.1, 0.15) is 5.56 Å². The number of hydrogen-bond acceptors (Lipinski definition) is 3. The van der Waals surface area contributed by atoms with Gasteiger partial charge < -0.3 is 5.32 Å². The van der Waals surface area contributed by atoms with Crippen molar-refractivity contribution in [2.24, 2.45) is 0 Å². The highest BCUT2D eigenvalue weighted by Crippen LogP contribution is 2.25. The van der Waals surface area contributed by atoms with E-state index in [-0.39, 0.29) is 11.7 Å². The maximum atomic E-state index is 13.0. The molecule has 3 rings (SSSR count). The first-order valence-corrected chi connectivity index (χ1v) is 9.61. The van der Waals surface area contributed by atoms with Crippen LogP contribution >= 0.6 is 27.5 Å². The molecule has 1 N–H and O–H groups in total. The molecular weight excluding hydrogens is 421 g/mol. The third-order valence-electron chi connectivity index (χ3n) is 4.36. The Labute approximate surface area is 166 Å². The monoisotopic (exact) mass is 439 g/mol. The Bertz CT molecular complexity index is 764. The Morgan fingerprint density at radius 3 is 2.38 bits per heavy atom. The number of halogens is 3. The van der Waals surface area contributed by atoms with Crippen LogP contribution in [-0.4, -0.2) is 48.4 Å². The van der Waals surface area contributed by atoms with E-state index in [9.17, 15) is 9.18 Å². The molecule has 7 heteroatoms. The lowest BCUT2D eigenvalue weighted by Crippen LogP contribution is -2.48. The van der Waals surface area contributed by atoms with Gasteiger partial charge in [-0.3, -0.25) is 14.6 Å². The molecule has 0 bridgehead atoms. The number of benzene rings is 2. The lowest BCUT2D eigenvalue weighted by molar-refractivity contribution is -0.117. The average Bonchev–Trinajstić information content (AvgIpc) is 2.61. The molecule has 26 heavy (non-hydrogen) atoms. The van der Waals surface area contributed by atoms with E-state index in [4.69, 9.17) is 11.6 Å². The summed E-state index contributed by atoms with van der Waals surface area (Å²) in [6.45, 7) is 4.55. The molecular formula is C19H20BrClFN3O. The Morgan fingerprint density at radius 1 is 1.08 bits per heavy atom. The number of anilines is 1. The van der Waals surface area contributed by atoms with Crippen LogP contribution in [0.15, 0.2) is 46.9 Å². The van der Waals surface area contributed by atoms with Gasteiger partial charge in [-0.05, 0) is 35.9 Å². The van der Waals surface area contributed by atoms with Crippen LogP contribution in [0.3, 0.4) is 0 Å². The fourth-order valence-corrected chi connectivity index (χ4v) is 3.66. The topological polar surface area (TPSA) is 35.6 Å². The van der Waals surface area contributed by atoms with Crippen molar-refractivity contribution in [3.63, 3.8) is 0 Å². The number of piperazine rings is 1. The van der Waals surface area contributed by atoms with Gasteiger partial charge in [0.1, 0.15) is 5.82 Å². The molecule has 0 atom stereocenters. The van der Waals surface area contributed by atoms with Gasteiger partial charge in [0.15, 0.2) is 0 Å². The normalized spacial score (nSPS) is 15.8. The predicted molar refractivity (Wildman–Crippen MR) is 106 cm³/mol. The van der Waals surface area contributed by atoms with Crippen LogP contribution in [0.4, 0.5) is 10.1 Å². The van der Waals surface area contributed by atoms with Crippen molar-refractivity contribution in [1.29, 1.82) is 0 Å². The van der Waals surface area contributed by atoms with Crippen LogP contribution in [0.5, 0.6) is 0 Å². The van der Waals surface area contributed by atoms with E-state index in [2.05, 4.69) is 31.0 Å². The second-order valence-corrected chi connectivity index (χ2v) is 7.67. The highest BCUT2D eigenvalue weighted by Gasteiger charge is 2.19. The van der Waals surface area contributed by atoms with Crippen LogP contribution in [0, 0.1) is 5.82 Å². The number of rotatable bonds is 5. The van der Waals surface area contributed by atoms with E-state index in [1.807, 2.05) is 18.2 Å². The molecule has 2 aromatic rings. The molecule has 1 aliphatic heterocycles. The van der Waals surface area contributed by atoms with E-state index in [1.165, 1.54) is 12.1 Å². The number of nitrogens with one attached hydrogen (secondary N) is 1. The number of hydrogen-bond donors (Lipinski definition) is 1. The predicted octanol–water partition coefficient (Wildman–Crippen LogP) is 4.00. The first-order chi connectivity index (χ1) is 12.5. The van der Waals surface area contributed by atoms with E-state index >= 15 is 0 Å². The summed E-state index contributed by atoms with van der Waals surface area (Å²) in [6, 6.07) is 12.0. The van der Waals surface area contributed by atoms with E-state index in [1.54, 1.807) is 12.1 Å². The van der Waals surface area contributed by atoms with Crippen LogP contribution in [-0.2, 0) is 11.3 Å². The second-order valence-electron chi connectivity index (χ2n) is 6.35. The Morgan fingerprint density at radius 2 is 1.73 bits per heavy atom. The van der Waals surface area contributed by atoms with Crippen molar-refractivity contribution >= 4 is 39.1 Å². The number of carbonyl (C=O) groups excluding carboxylic acids is 1. The van der Waals surface area contributed by atoms with Crippen molar-refractivity contribution in [2.45, 2.75) is 6.54 Å². The van der Waals surface area contributed by atoms with Crippen LogP contribution in [0.2, 0.25) is 5.02 Å². The SMILES string of the molecule is O=C(CN1CCN(Cc2ccc(F)cc2)CC1)Nc1ccc(Br)cc1Cl. The van der Waals surface area contributed by atoms with Crippen LogP contribution in [0.25, 0.3) is 0 Å². The molecule has 2 aromatic carbocycles. The summed E-state index contributed by atoms with van der Waals surface area (Å²) in [4.78, 5) is 16.7. The second kappa shape index (κ2) is 8.95. The van der Waals surface area contributed by atoms with Gasteiger partial charge >= 0.3 is 0 Å². The molecule has 138 valence electrons. The minimum absolute atomic E-state index is 0.0683. The van der Waals surface area contributed by atoms with Crippen molar-refractivity contribution in [2.75, 3.05) is 38.0 Å². The van der Waals surface area contributed by atoms with E-state index in [0.717, 1.165) is 42.8 Å². The van der Waals surface area contributed by atoms with Crippen molar-refractivity contribution in [3.05, 3.63) is 63.3 Å². The van der Waals surface area contributed by atoms with Gasteiger partial charge in [-0.25, -0.2) is 4.39 Å². The lowest BCUT2D eigenvalue weighted by Gasteiger charge is -2.34. The minimum atomic E-state index is -0.213. The number of nitrogens with zero attached hydrogens (tertiary/aromatic N) is 2. The molecule has 0 saturated carbocycles. The van der Waals surface area contributed by atoms with Gasteiger partial charge in [0.25, 0.3) is 0 Å². The molecule has 0 unspecified atom stereocenters. The average molecular weight is 441 g/mol. The lowest BCUT2D eigenvalue weighted by atomic mass is 10.2. The third-order valence-corrected chi connectivity index (χ3v) is 5.16. The summed E-state index contributed by atoms with van der Waals surface area (Å²) < 4.78 is 13.8. The van der Waals surface area contributed by atoms with Gasteiger partial charge in [-0.2, -0.15) is 0 Å². The fraction of sp³-hybridized carbons (Fsp3) is 0.316. The maximum absolute atomic E-state index is 13.0. The molecule has 0 aromatic heterocycles. The van der Waals surface area contributed by atoms with Gasteiger partial charge in [0.2, 0.25) is 5.91 Å². The van der Waals surface area contributed by atoms with Crippen molar-refractivity contribution < 1.29 is 9.18 Å². The highest BCUT2D eigenvalue weighted by molar-refractivity contribution is 9.10. The third kappa shape index (κ3) is 5.51. The van der Waals surface area contributed by atoms with E-state index in [0.29, 0.717) is 17.3 Å². The summed E-state index contributed by atoms with van der Waals surface area (Å²) in [5.74, 6) is -0.281. The zero-order chi connectivity index (χ0) is 18.5. The summed E-state index contributed by atoms with van der Waals surface area (Å²) in [5.41, 5.74) is 1.72. The molecule has 1 saturated heterocycles. The first-order valence-electron chi connectivity index (χ1n) is 8.43. The van der Waals surface area contributed by atoms with Crippen molar-refractivity contribution in [3.8, 4) is 0 Å². The summed E-state index contributed by atoms with van der Waals surface area (Å²) >= 11 is 9.48. The Hall–Kier alpha value is -1.47. The van der Waals surface area contributed by atoms with Gasteiger partial charge in [0, 0.05) is 37.2 Å². The zero-order valence-corrected chi connectivity index (χ0v) is 16.6. The Kier molecular flexibility index (Phi) is 6.64. The van der Waals surface area contributed by atoms with Gasteiger partial charge in [0.05, 0.1) is 17.3 Å². The number of amides is 1. The molecule has 0 radical (unpaired) electrons. The molecule has 1 fully saturated rings. The van der Waals surface area contributed by atoms with Gasteiger partial charge in [-0.15, -0.1) is 0 Å². The molecule has 1 aliphatic rings. The summed E-state index contributed by atoms with van der Waals surface area (Å²) in [5, 5.41) is 3.37. The molecule has 1 heterocycles. The fourth-order valence-electron chi connectivity index (χ4n) is 2.94. The molecule has 0 spiro atoms. The molecule has 0 aliphatic carbocycles. The van der Waals surface area contributed by atoms with E-state index < -0.39 is 0 Å². The summed E-state index contributed by atoms with van der Waals surface area (Å²) in [7, 11) is 0.